The van der Waals surface area contributed by atoms with Gasteiger partial charge in [0.25, 0.3) is 0 Å². The number of anilines is 1. The Hall–Kier alpha value is -3.45. The predicted molar refractivity (Wildman–Crippen MR) is 124 cm³/mol. The van der Waals surface area contributed by atoms with E-state index in [-0.39, 0.29) is 11.8 Å². The molecule has 7 nitrogen and oxygen atoms in total. The predicted octanol–water partition coefficient (Wildman–Crippen LogP) is 3.98. The average Bonchev–Trinajstić information content (AvgIpc) is 3.27. The second-order valence-corrected chi connectivity index (χ2v) is 8.34. The van der Waals surface area contributed by atoms with Crippen LogP contribution in [0.15, 0.2) is 66.7 Å². The smallest absolute Gasteiger partial charge is 0.223 e. The number of fused-ring (bicyclic) bond motifs is 1. The van der Waals surface area contributed by atoms with Crippen LogP contribution in [0, 0.1) is 5.92 Å². The maximum Gasteiger partial charge on any atom is 0.223 e. The number of nitrogens with one attached hydrogen (secondary N) is 1. The molecule has 1 amide bonds. The van der Waals surface area contributed by atoms with Crippen LogP contribution in [0.3, 0.4) is 0 Å². The second kappa shape index (κ2) is 8.96. The average molecular weight is 447 g/mol. The van der Waals surface area contributed by atoms with Crippen molar-refractivity contribution in [1.29, 1.82) is 0 Å². The third-order valence-electron chi connectivity index (χ3n) is 5.86. The van der Waals surface area contributed by atoms with Crippen LogP contribution in [-0.2, 0) is 11.3 Å². The van der Waals surface area contributed by atoms with Crippen LogP contribution in [0.2, 0.25) is 5.02 Å². The summed E-state index contributed by atoms with van der Waals surface area (Å²) >= 11 is 6.36. The Morgan fingerprint density at radius 2 is 1.72 bits per heavy atom. The van der Waals surface area contributed by atoms with Gasteiger partial charge in [-0.05, 0) is 42.7 Å². The number of benzene rings is 2. The van der Waals surface area contributed by atoms with Gasteiger partial charge in [0.2, 0.25) is 5.91 Å². The Kier molecular flexibility index (Phi) is 5.73. The van der Waals surface area contributed by atoms with Gasteiger partial charge in [-0.1, -0.05) is 54.1 Å². The van der Waals surface area contributed by atoms with E-state index >= 15 is 0 Å². The van der Waals surface area contributed by atoms with Crippen molar-refractivity contribution >= 4 is 29.0 Å². The number of nitrogens with zero attached hydrogens (tertiary/aromatic N) is 5. The highest BCUT2D eigenvalue weighted by atomic mass is 35.5. The molecular formula is C24H23ClN6O. The molecule has 0 spiro atoms. The zero-order chi connectivity index (χ0) is 21.9. The summed E-state index contributed by atoms with van der Waals surface area (Å²) in [6, 6.07) is 21.4. The lowest BCUT2D eigenvalue weighted by Crippen LogP contribution is -2.40. The van der Waals surface area contributed by atoms with Gasteiger partial charge in [0, 0.05) is 31.1 Å². The molecule has 1 aliphatic rings. The first-order chi connectivity index (χ1) is 15.7. The van der Waals surface area contributed by atoms with Gasteiger partial charge in [-0.3, -0.25) is 4.79 Å². The summed E-state index contributed by atoms with van der Waals surface area (Å²) in [4.78, 5) is 14.8. The number of carbonyl (C=O) groups is 1. The van der Waals surface area contributed by atoms with Crippen LogP contribution in [0.25, 0.3) is 17.0 Å². The molecule has 162 valence electrons. The molecule has 1 aliphatic heterocycles. The highest BCUT2D eigenvalue weighted by molar-refractivity contribution is 6.33. The summed E-state index contributed by atoms with van der Waals surface area (Å²) < 4.78 is 1.73. The van der Waals surface area contributed by atoms with Crippen LogP contribution >= 0.6 is 11.6 Å². The molecule has 1 N–H and O–H groups in total. The molecule has 0 radical (unpaired) electrons. The number of amides is 1. The van der Waals surface area contributed by atoms with Crippen LogP contribution in [0.1, 0.15) is 18.4 Å². The van der Waals surface area contributed by atoms with E-state index in [1.54, 1.807) is 4.52 Å². The van der Waals surface area contributed by atoms with Gasteiger partial charge in [0.05, 0.1) is 5.02 Å². The molecule has 0 unspecified atom stereocenters. The van der Waals surface area contributed by atoms with Crippen molar-refractivity contribution in [2.75, 3.05) is 18.0 Å². The Labute approximate surface area is 191 Å². The van der Waals surface area contributed by atoms with Crippen molar-refractivity contribution in [3.8, 4) is 11.4 Å². The summed E-state index contributed by atoms with van der Waals surface area (Å²) in [6.07, 6.45) is 1.58. The van der Waals surface area contributed by atoms with Gasteiger partial charge >= 0.3 is 0 Å². The van der Waals surface area contributed by atoms with Gasteiger partial charge in [0.15, 0.2) is 11.5 Å². The molecule has 0 bridgehead atoms. The topological polar surface area (TPSA) is 75.4 Å². The van der Waals surface area contributed by atoms with Gasteiger partial charge in [0.1, 0.15) is 5.82 Å². The first-order valence-corrected chi connectivity index (χ1v) is 11.1. The van der Waals surface area contributed by atoms with Gasteiger partial charge < -0.3 is 10.2 Å². The Bertz CT molecular complexity index is 1230. The van der Waals surface area contributed by atoms with Crippen LogP contribution < -0.4 is 10.2 Å². The van der Waals surface area contributed by atoms with E-state index in [0.29, 0.717) is 23.0 Å². The van der Waals surface area contributed by atoms with Crippen molar-refractivity contribution < 1.29 is 4.79 Å². The Balaban J connectivity index is 1.26. The van der Waals surface area contributed by atoms with E-state index in [2.05, 4.69) is 20.4 Å². The molecular weight excluding hydrogens is 424 g/mol. The van der Waals surface area contributed by atoms with Crippen LogP contribution in [0.4, 0.5) is 5.82 Å². The van der Waals surface area contributed by atoms with E-state index in [1.807, 2.05) is 66.7 Å². The van der Waals surface area contributed by atoms with Gasteiger partial charge in [-0.25, -0.2) is 0 Å². The van der Waals surface area contributed by atoms with Crippen molar-refractivity contribution in [2.45, 2.75) is 19.4 Å². The number of carbonyl (C=O) groups excluding carboxylic acids is 1. The molecule has 2 aromatic carbocycles. The third-order valence-corrected chi connectivity index (χ3v) is 6.19. The third kappa shape index (κ3) is 4.16. The zero-order valence-electron chi connectivity index (χ0n) is 17.5. The highest BCUT2D eigenvalue weighted by Crippen LogP contribution is 2.27. The number of rotatable bonds is 5. The summed E-state index contributed by atoms with van der Waals surface area (Å²) in [7, 11) is 0. The minimum absolute atomic E-state index is 0.0206. The molecule has 4 aromatic rings. The molecule has 0 aliphatic carbocycles. The molecule has 3 heterocycles. The SMILES string of the molecule is O=C(NCc1ccccc1)C1CCN(c2ccc3nnc(-c4ccccc4Cl)n3n2)CC1. The summed E-state index contributed by atoms with van der Waals surface area (Å²) in [5.74, 6) is 1.60. The van der Waals surface area contributed by atoms with E-state index in [1.165, 1.54) is 0 Å². The maximum atomic E-state index is 12.6. The highest BCUT2D eigenvalue weighted by Gasteiger charge is 2.26. The van der Waals surface area contributed by atoms with Gasteiger partial charge in [-0.2, -0.15) is 4.52 Å². The quantitative estimate of drug-likeness (QED) is 0.502. The second-order valence-electron chi connectivity index (χ2n) is 7.93. The lowest BCUT2D eigenvalue weighted by atomic mass is 9.96. The molecule has 32 heavy (non-hydrogen) atoms. The van der Waals surface area contributed by atoms with Crippen molar-refractivity contribution in [3.05, 3.63) is 77.3 Å². The first-order valence-electron chi connectivity index (χ1n) is 10.7. The maximum absolute atomic E-state index is 12.6. The van der Waals surface area contributed by atoms with Crippen LogP contribution in [0.5, 0.6) is 0 Å². The van der Waals surface area contributed by atoms with E-state index < -0.39 is 0 Å². The molecule has 1 saturated heterocycles. The Morgan fingerprint density at radius 1 is 0.969 bits per heavy atom. The van der Waals surface area contributed by atoms with Crippen molar-refractivity contribution in [1.82, 2.24) is 25.1 Å². The minimum Gasteiger partial charge on any atom is -0.355 e. The lowest BCUT2D eigenvalue weighted by molar-refractivity contribution is -0.125. The van der Waals surface area contributed by atoms with E-state index in [4.69, 9.17) is 16.7 Å². The molecule has 2 aromatic heterocycles. The van der Waals surface area contributed by atoms with Gasteiger partial charge in [-0.15, -0.1) is 15.3 Å². The number of halogens is 1. The van der Waals surface area contributed by atoms with Crippen molar-refractivity contribution in [3.63, 3.8) is 0 Å². The van der Waals surface area contributed by atoms with E-state index in [0.717, 1.165) is 42.9 Å². The molecule has 1 fully saturated rings. The molecule has 8 heteroatoms. The standard InChI is InChI=1S/C24H23ClN6O/c25-20-9-5-4-8-19(20)23-28-27-21-10-11-22(29-31(21)23)30-14-12-18(13-15-30)24(32)26-16-17-6-2-1-3-7-17/h1-11,18H,12-16H2,(H,26,32). The monoisotopic (exact) mass is 446 g/mol. The number of hydrogen-bond donors (Lipinski definition) is 1. The molecule has 5 rings (SSSR count). The normalized spacial score (nSPS) is 14.6. The molecule has 0 saturated carbocycles. The minimum atomic E-state index is 0.0206. The zero-order valence-corrected chi connectivity index (χ0v) is 18.2. The lowest BCUT2D eigenvalue weighted by Gasteiger charge is -2.32. The number of piperidine rings is 1. The Morgan fingerprint density at radius 3 is 2.50 bits per heavy atom. The number of aromatic nitrogens is 4. The van der Waals surface area contributed by atoms with Crippen LogP contribution in [-0.4, -0.2) is 38.8 Å². The van der Waals surface area contributed by atoms with E-state index in [9.17, 15) is 4.79 Å². The summed E-state index contributed by atoms with van der Waals surface area (Å²) in [5.41, 5.74) is 2.57. The number of hydrogen-bond acceptors (Lipinski definition) is 5. The molecule has 0 atom stereocenters. The fourth-order valence-electron chi connectivity index (χ4n) is 4.06. The summed E-state index contributed by atoms with van der Waals surface area (Å²) in [5, 5.41) is 17.0. The first kappa shape index (κ1) is 20.5. The fraction of sp³-hybridized carbons (Fsp3) is 0.250. The summed E-state index contributed by atoms with van der Waals surface area (Å²) in [6.45, 7) is 2.10. The largest absolute Gasteiger partial charge is 0.355 e. The van der Waals surface area contributed by atoms with Crippen molar-refractivity contribution in [2.24, 2.45) is 5.92 Å². The fourth-order valence-corrected chi connectivity index (χ4v) is 4.28.